The average molecular weight is 602 g/mol. The molecule has 0 spiro atoms. The summed E-state index contributed by atoms with van der Waals surface area (Å²) in [6, 6.07) is 34.1. The smallest absolute Gasteiger partial charge is 0.358 e. The maximum Gasteiger partial charge on any atom is 2.00 e. The van der Waals surface area contributed by atoms with Gasteiger partial charge < -0.3 is 13.8 Å². The quantitative estimate of drug-likeness (QED) is 0.161. The van der Waals surface area contributed by atoms with E-state index in [-0.39, 0.29) is 33.6 Å². The van der Waals surface area contributed by atoms with Crippen LogP contribution in [0.5, 0.6) is 0 Å². The Morgan fingerprint density at radius 2 is 1.46 bits per heavy atom. The fourth-order valence-electron chi connectivity index (χ4n) is 6.29. The Bertz CT molecular complexity index is 1470. The predicted molar refractivity (Wildman–Crippen MR) is 169 cm³/mol. The van der Waals surface area contributed by atoms with Crippen LogP contribution in [0.15, 0.2) is 96.1 Å². The van der Waals surface area contributed by atoms with Gasteiger partial charge in [-0.2, -0.15) is 0 Å². The molecule has 2 aliphatic carbocycles. The van der Waals surface area contributed by atoms with Gasteiger partial charge in [0.2, 0.25) is 0 Å². The molecule has 4 aromatic rings. The van der Waals surface area contributed by atoms with Crippen molar-refractivity contribution in [2.24, 2.45) is 0 Å². The summed E-state index contributed by atoms with van der Waals surface area (Å²) >= 11 is 0. The molecule has 0 amide bonds. The molecule has 0 aromatic heterocycles. The minimum Gasteiger partial charge on any atom is -0.358 e. The van der Waals surface area contributed by atoms with Crippen LogP contribution >= 0.6 is 0 Å². The van der Waals surface area contributed by atoms with E-state index < -0.39 is 0 Å². The Morgan fingerprint density at radius 3 is 2.18 bits per heavy atom. The summed E-state index contributed by atoms with van der Waals surface area (Å²) in [6.45, 7) is 4.58. The Hall–Kier alpha value is -2.28. The van der Waals surface area contributed by atoms with Crippen molar-refractivity contribution < 1.29 is 26.2 Å². The number of allylic oxidation sites excluding steroid dienone is 2. The van der Waals surface area contributed by atoms with Crippen LogP contribution in [-0.2, 0) is 26.2 Å². The molecular weight excluding hydrogens is 564 g/mol. The minimum atomic E-state index is 0. The minimum absolute atomic E-state index is 0. The van der Waals surface area contributed by atoms with Gasteiger partial charge in [-0.05, 0) is 46.4 Å². The Morgan fingerprint density at radius 1 is 0.744 bits per heavy atom. The number of hydrogen-bond acceptors (Lipinski definition) is 0. The van der Waals surface area contributed by atoms with Gasteiger partial charge in [0.15, 0.2) is 0 Å². The summed E-state index contributed by atoms with van der Waals surface area (Å²) in [5, 5.41) is 2.69. The summed E-state index contributed by atoms with van der Waals surface area (Å²) in [4.78, 5) is 0. The Balaban J connectivity index is 0.000000456. The SMILES string of the molecule is C1CC[Si]C1.CCC1=Cc2c(-c3ccccc3)cccc2C1[CH-]C1C(C)=Cc2c1ccc1ccccc21.[CH3-].[Zr+2]. The van der Waals surface area contributed by atoms with Gasteiger partial charge in [-0.15, -0.1) is 11.8 Å². The summed E-state index contributed by atoms with van der Waals surface area (Å²) in [6.07, 6.45) is 11.6. The van der Waals surface area contributed by atoms with E-state index in [9.17, 15) is 0 Å². The van der Waals surface area contributed by atoms with Crippen LogP contribution in [0.3, 0.4) is 0 Å². The zero-order valence-electron chi connectivity index (χ0n) is 23.5. The van der Waals surface area contributed by atoms with Gasteiger partial charge in [0, 0.05) is 9.52 Å². The van der Waals surface area contributed by atoms with Gasteiger partial charge in [-0.3, -0.25) is 0 Å². The molecule has 2 unspecified atom stereocenters. The normalized spacial score (nSPS) is 18.6. The summed E-state index contributed by atoms with van der Waals surface area (Å²) < 4.78 is 0. The van der Waals surface area contributed by atoms with E-state index in [2.05, 4.69) is 117 Å². The third-order valence-corrected chi connectivity index (χ3v) is 9.66. The molecule has 39 heavy (non-hydrogen) atoms. The van der Waals surface area contributed by atoms with Gasteiger partial charge >= 0.3 is 26.2 Å². The van der Waals surface area contributed by atoms with Crippen molar-refractivity contribution in [3.05, 3.63) is 132 Å². The largest absolute Gasteiger partial charge is 2.00 e. The maximum atomic E-state index is 2.60. The van der Waals surface area contributed by atoms with E-state index in [1.54, 1.807) is 0 Å². The van der Waals surface area contributed by atoms with E-state index in [1.165, 1.54) is 89.7 Å². The molecule has 1 heterocycles. The molecule has 2 heteroatoms. The van der Waals surface area contributed by atoms with Crippen molar-refractivity contribution in [2.45, 2.75) is 57.0 Å². The molecule has 1 fully saturated rings. The van der Waals surface area contributed by atoms with E-state index in [1.807, 2.05) is 0 Å². The standard InChI is InChI=1S/C32H27.C4H8Si.CH3.Zr/c1-3-22-19-32-26(23-10-5-4-6-11-23)14-9-15-27(32)30(22)20-29-21(2)18-31-25-13-8-7-12-24(25)16-17-28(29)31;1-2-4-5-3-1;;/h4-20,29-30H,3H2,1-2H3;1-4H2;1H3;/q-1;;-1;+2. The van der Waals surface area contributed by atoms with Crippen LogP contribution in [0.1, 0.15) is 67.2 Å². The van der Waals surface area contributed by atoms with Crippen molar-refractivity contribution in [2.75, 3.05) is 0 Å². The molecule has 0 saturated carbocycles. The van der Waals surface area contributed by atoms with Crippen LogP contribution in [0, 0.1) is 13.8 Å². The van der Waals surface area contributed by atoms with Crippen molar-refractivity contribution in [1.82, 2.24) is 0 Å². The number of benzene rings is 4. The van der Waals surface area contributed by atoms with Gasteiger partial charge in [0.05, 0.1) is 0 Å². The molecule has 194 valence electrons. The topological polar surface area (TPSA) is 0 Å². The fraction of sp³-hybridized carbons (Fsp3) is 0.243. The fourth-order valence-corrected chi connectivity index (χ4v) is 7.54. The molecule has 2 atom stereocenters. The third kappa shape index (κ3) is 5.94. The van der Waals surface area contributed by atoms with Gasteiger partial charge in [-0.25, -0.2) is 0 Å². The van der Waals surface area contributed by atoms with Gasteiger partial charge in [0.1, 0.15) is 0 Å². The Labute approximate surface area is 257 Å². The zero-order valence-corrected chi connectivity index (χ0v) is 27.0. The van der Waals surface area contributed by atoms with Crippen LogP contribution in [-0.4, -0.2) is 9.52 Å². The van der Waals surface area contributed by atoms with Gasteiger partial charge in [-0.1, -0.05) is 151 Å². The first-order chi connectivity index (χ1) is 18.2. The summed E-state index contributed by atoms with van der Waals surface area (Å²) in [7, 11) is 1.31. The zero-order chi connectivity index (χ0) is 25.2. The molecule has 0 N–H and O–H groups in total. The molecule has 2 radical (unpaired) electrons. The number of rotatable bonds is 4. The van der Waals surface area contributed by atoms with Gasteiger partial charge in [0.25, 0.3) is 0 Å². The first kappa shape index (κ1) is 29.7. The van der Waals surface area contributed by atoms with Crippen LogP contribution in [0.4, 0.5) is 0 Å². The predicted octanol–water partition coefficient (Wildman–Crippen LogP) is 10.6. The van der Waals surface area contributed by atoms with E-state index >= 15 is 0 Å². The molecule has 7 rings (SSSR count). The molecule has 4 aromatic carbocycles. The van der Waals surface area contributed by atoms with Crippen molar-refractivity contribution in [3.63, 3.8) is 0 Å². The van der Waals surface area contributed by atoms with E-state index in [0.717, 1.165) is 6.42 Å². The van der Waals surface area contributed by atoms with Crippen molar-refractivity contribution in [1.29, 1.82) is 0 Å². The first-order valence-corrected chi connectivity index (χ1v) is 15.3. The maximum absolute atomic E-state index is 2.60. The molecule has 1 aliphatic heterocycles. The molecular formula is C37H38SiZr. The molecule has 0 nitrogen and oxygen atoms in total. The second-order valence-corrected chi connectivity index (χ2v) is 12.0. The second kappa shape index (κ2) is 13.4. The van der Waals surface area contributed by atoms with Crippen LogP contribution in [0.25, 0.3) is 34.1 Å². The third-order valence-electron chi connectivity index (χ3n) is 8.24. The van der Waals surface area contributed by atoms with Crippen molar-refractivity contribution >= 4 is 32.4 Å². The first-order valence-electron chi connectivity index (χ1n) is 13.9. The summed E-state index contributed by atoms with van der Waals surface area (Å²) in [5.74, 6) is 0.727. The monoisotopic (exact) mass is 600 g/mol. The van der Waals surface area contributed by atoms with Crippen LogP contribution in [0.2, 0.25) is 12.1 Å². The van der Waals surface area contributed by atoms with Crippen molar-refractivity contribution in [3.8, 4) is 11.1 Å². The number of fused-ring (bicyclic) bond motifs is 4. The Kier molecular flexibility index (Phi) is 10.2. The van der Waals surface area contributed by atoms with Crippen LogP contribution < -0.4 is 0 Å². The molecule has 1 saturated heterocycles. The molecule has 3 aliphatic rings. The van der Waals surface area contributed by atoms with E-state index in [0.29, 0.717) is 11.8 Å². The summed E-state index contributed by atoms with van der Waals surface area (Å²) in [5.41, 5.74) is 11.3. The second-order valence-electron chi connectivity index (χ2n) is 10.5. The number of hydrogen-bond donors (Lipinski definition) is 0. The average Bonchev–Trinajstić information content (AvgIpc) is 3.70. The molecule has 0 bridgehead atoms. The van der Waals surface area contributed by atoms with E-state index in [4.69, 9.17) is 0 Å².